The predicted octanol–water partition coefficient (Wildman–Crippen LogP) is 3.37. The van der Waals surface area contributed by atoms with Crippen LogP contribution < -0.4 is 10.6 Å². The molecule has 2 saturated heterocycles. The molecule has 2 aliphatic rings. The summed E-state index contributed by atoms with van der Waals surface area (Å²) in [5.41, 5.74) is 5.39. The molecular weight excluding hydrogens is 376 g/mol. The Labute approximate surface area is 182 Å². The van der Waals surface area contributed by atoms with Gasteiger partial charge in [-0.05, 0) is 61.9 Å². The van der Waals surface area contributed by atoms with Crippen molar-refractivity contribution in [3.8, 4) is 0 Å². The third-order valence-electron chi connectivity index (χ3n) is 6.30. The minimum atomic E-state index is 0.321. The number of morpholine rings is 1. The summed E-state index contributed by atoms with van der Waals surface area (Å²) in [6.07, 6.45) is 5.96. The van der Waals surface area contributed by atoms with Crippen molar-refractivity contribution in [2.24, 2.45) is 0 Å². The van der Waals surface area contributed by atoms with E-state index in [0.717, 1.165) is 97.6 Å². The van der Waals surface area contributed by atoms with Crippen LogP contribution in [0.3, 0.4) is 0 Å². The van der Waals surface area contributed by atoms with Crippen molar-refractivity contribution in [1.82, 2.24) is 9.80 Å². The fourth-order valence-electron chi connectivity index (χ4n) is 4.62. The fraction of sp³-hybridized carbons (Fsp3) is 0.708. The second kappa shape index (κ2) is 12.2. The molecule has 6 heteroatoms. The lowest BCUT2D eigenvalue weighted by Gasteiger charge is -2.26. The molecule has 0 atom stereocenters. The number of anilines is 2. The first-order valence-corrected chi connectivity index (χ1v) is 11.9. The number of benzene rings is 1. The van der Waals surface area contributed by atoms with Crippen LogP contribution in [0.4, 0.5) is 11.4 Å². The highest BCUT2D eigenvalue weighted by Gasteiger charge is 2.19. The maximum Gasteiger partial charge on any atom is 0.222 e. The molecule has 0 bridgehead atoms. The van der Waals surface area contributed by atoms with E-state index in [4.69, 9.17) is 4.74 Å². The second-order valence-electron chi connectivity index (χ2n) is 8.32. The maximum atomic E-state index is 11.7. The Morgan fingerprint density at radius 1 is 0.900 bits per heavy atom. The van der Waals surface area contributed by atoms with Crippen LogP contribution in [-0.4, -0.2) is 74.7 Å². The van der Waals surface area contributed by atoms with Gasteiger partial charge in [-0.3, -0.25) is 9.69 Å². The van der Waals surface area contributed by atoms with E-state index in [-0.39, 0.29) is 0 Å². The topological polar surface area (TPSA) is 56.8 Å². The highest BCUT2D eigenvalue weighted by molar-refractivity contribution is 5.78. The zero-order valence-electron chi connectivity index (χ0n) is 19.0. The molecular formula is C24H40N4O2. The summed E-state index contributed by atoms with van der Waals surface area (Å²) in [5.74, 6) is 0.321. The van der Waals surface area contributed by atoms with Crippen LogP contribution in [0.25, 0.3) is 0 Å². The van der Waals surface area contributed by atoms with Crippen molar-refractivity contribution in [3.63, 3.8) is 0 Å². The van der Waals surface area contributed by atoms with Crippen LogP contribution in [0.15, 0.2) is 12.1 Å². The lowest BCUT2D eigenvalue weighted by atomic mass is 9.98. The molecule has 3 rings (SSSR count). The van der Waals surface area contributed by atoms with Crippen molar-refractivity contribution in [2.75, 3.05) is 69.7 Å². The molecule has 6 nitrogen and oxygen atoms in total. The van der Waals surface area contributed by atoms with Gasteiger partial charge in [-0.2, -0.15) is 0 Å². The van der Waals surface area contributed by atoms with Crippen molar-refractivity contribution in [1.29, 1.82) is 0 Å². The number of nitrogens with zero attached hydrogens (tertiary/aromatic N) is 2. The van der Waals surface area contributed by atoms with E-state index >= 15 is 0 Å². The van der Waals surface area contributed by atoms with E-state index in [2.05, 4.69) is 41.5 Å². The van der Waals surface area contributed by atoms with E-state index in [9.17, 15) is 4.79 Å². The number of amides is 1. The third-order valence-corrected chi connectivity index (χ3v) is 6.30. The molecule has 0 aliphatic carbocycles. The minimum Gasteiger partial charge on any atom is -0.385 e. The van der Waals surface area contributed by atoms with E-state index in [0.29, 0.717) is 5.91 Å². The van der Waals surface area contributed by atoms with Gasteiger partial charge in [0.2, 0.25) is 5.91 Å². The summed E-state index contributed by atoms with van der Waals surface area (Å²) in [5, 5.41) is 7.32. The van der Waals surface area contributed by atoms with Gasteiger partial charge in [0.05, 0.1) is 13.2 Å². The first kappa shape index (κ1) is 22.9. The lowest BCUT2D eigenvalue weighted by molar-refractivity contribution is -0.127. The van der Waals surface area contributed by atoms with Crippen LogP contribution in [0.5, 0.6) is 0 Å². The normalized spacial score (nSPS) is 17.5. The lowest BCUT2D eigenvalue weighted by Crippen LogP contribution is -2.37. The number of carbonyl (C=O) groups excluding carboxylic acids is 1. The molecule has 1 amide bonds. The molecule has 2 fully saturated rings. The number of ether oxygens (including phenoxy) is 1. The molecule has 2 heterocycles. The number of hydrogen-bond acceptors (Lipinski definition) is 5. The van der Waals surface area contributed by atoms with Crippen molar-refractivity contribution in [2.45, 2.75) is 52.4 Å². The first-order chi connectivity index (χ1) is 14.7. The average Bonchev–Trinajstić information content (AvgIpc) is 3.19. The summed E-state index contributed by atoms with van der Waals surface area (Å²) in [6, 6.07) is 4.46. The smallest absolute Gasteiger partial charge is 0.222 e. The monoisotopic (exact) mass is 416 g/mol. The SMILES string of the molecule is CCc1c(NCCCN2CCOCC2)ccc(NCCCN2CCCC2=O)c1CC. The Kier molecular flexibility index (Phi) is 9.27. The van der Waals surface area contributed by atoms with Crippen molar-refractivity contribution < 1.29 is 9.53 Å². The van der Waals surface area contributed by atoms with Crippen molar-refractivity contribution in [3.05, 3.63) is 23.3 Å². The quantitative estimate of drug-likeness (QED) is 0.512. The number of hydrogen-bond donors (Lipinski definition) is 2. The molecule has 30 heavy (non-hydrogen) atoms. The standard InChI is InChI=1S/C24H40N4O2/c1-3-20-21(4-2)23(26-12-7-15-28-14-5-8-24(28)29)10-9-22(20)25-11-6-13-27-16-18-30-19-17-27/h9-10,25-26H,3-8,11-19H2,1-2H3. The first-order valence-electron chi connectivity index (χ1n) is 11.9. The predicted molar refractivity (Wildman–Crippen MR) is 124 cm³/mol. The molecule has 1 aromatic carbocycles. The average molecular weight is 417 g/mol. The number of likely N-dealkylation sites (tertiary alicyclic amines) is 1. The van der Waals surface area contributed by atoms with Gasteiger partial charge in [0.1, 0.15) is 0 Å². The van der Waals surface area contributed by atoms with Crippen LogP contribution in [-0.2, 0) is 22.4 Å². The zero-order chi connectivity index (χ0) is 21.2. The largest absolute Gasteiger partial charge is 0.385 e. The molecule has 0 saturated carbocycles. The summed E-state index contributed by atoms with van der Waals surface area (Å²) in [7, 11) is 0. The second-order valence-corrected chi connectivity index (χ2v) is 8.32. The van der Waals surface area contributed by atoms with Gasteiger partial charge in [-0.1, -0.05) is 13.8 Å². The number of carbonyl (C=O) groups is 1. The van der Waals surface area contributed by atoms with E-state index in [1.807, 2.05) is 4.90 Å². The number of rotatable bonds is 12. The molecule has 0 radical (unpaired) electrons. The van der Waals surface area contributed by atoms with Gasteiger partial charge in [0, 0.05) is 57.1 Å². The van der Waals surface area contributed by atoms with E-state index in [1.165, 1.54) is 22.5 Å². The third kappa shape index (κ3) is 6.35. The summed E-state index contributed by atoms with van der Waals surface area (Å²) in [4.78, 5) is 16.2. The molecule has 1 aromatic rings. The van der Waals surface area contributed by atoms with Gasteiger partial charge in [-0.15, -0.1) is 0 Å². The number of nitrogens with one attached hydrogen (secondary N) is 2. The van der Waals surface area contributed by atoms with E-state index in [1.54, 1.807) is 0 Å². The Morgan fingerprint density at radius 2 is 1.50 bits per heavy atom. The van der Waals surface area contributed by atoms with Gasteiger partial charge in [0.25, 0.3) is 0 Å². The zero-order valence-corrected chi connectivity index (χ0v) is 19.0. The van der Waals surface area contributed by atoms with Gasteiger partial charge in [0.15, 0.2) is 0 Å². The van der Waals surface area contributed by atoms with Gasteiger partial charge >= 0.3 is 0 Å². The molecule has 2 aliphatic heterocycles. The van der Waals surface area contributed by atoms with Crippen LogP contribution in [0, 0.1) is 0 Å². The Morgan fingerprint density at radius 3 is 2.03 bits per heavy atom. The molecule has 2 N–H and O–H groups in total. The van der Waals surface area contributed by atoms with Crippen LogP contribution in [0.2, 0.25) is 0 Å². The van der Waals surface area contributed by atoms with Gasteiger partial charge < -0.3 is 20.3 Å². The highest BCUT2D eigenvalue weighted by atomic mass is 16.5. The van der Waals surface area contributed by atoms with Crippen molar-refractivity contribution >= 4 is 17.3 Å². The van der Waals surface area contributed by atoms with Crippen LogP contribution >= 0.6 is 0 Å². The summed E-state index contributed by atoms with van der Waals surface area (Å²) < 4.78 is 5.43. The maximum absolute atomic E-state index is 11.7. The summed E-state index contributed by atoms with van der Waals surface area (Å²) >= 11 is 0. The molecule has 0 unspecified atom stereocenters. The fourth-order valence-corrected chi connectivity index (χ4v) is 4.62. The molecule has 0 aromatic heterocycles. The van der Waals surface area contributed by atoms with Gasteiger partial charge in [-0.25, -0.2) is 0 Å². The Balaban J connectivity index is 1.48. The summed E-state index contributed by atoms with van der Waals surface area (Å²) in [6.45, 7) is 13.2. The molecule has 0 spiro atoms. The van der Waals surface area contributed by atoms with E-state index < -0.39 is 0 Å². The van der Waals surface area contributed by atoms with Crippen LogP contribution in [0.1, 0.15) is 50.7 Å². The molecule has 168 valence electrons. The Bertz CT molecular complexity index is 673. The highest BCUT2D eigenvalue weighted by Crippen LogP contribution is 2.28. The minimum absolute atomic E-state index is 0.321. The Hall–Kier alpha value is -1.79.